The molecule has 0 bridgehead atoms. The summed E-state index contributed by atoms with van der Waals surface area (Å²) in [5.41, 5.74) is 10.2. The molecular weight excluding hydrogens is 146 g/mol. The van der Waals surface area contributed by atoms with Gasteiger partial charge in [0, 0.05) is 6.04 Å². The fourth-order valence-corrected chi connectivity index (χ4v) is 1.92. The molecule has 0 radical (unpaired) electrons. The largest absolute Gasteiger partial charge is 0.324 e. The number of benzene rings is 1. The first-order valence-electron chi connectivity index (χ1n) is 4.68. The van der Waals surface area contributed by atoms with Gasteiger partial charge in [0.2, 0.25) is 0 Å². The highest BCUT2D eigenvalue weighted by atomic mass is 14.6. The van der Waals surface area contributed by atoms with Crippen molar-refractivity contribution in [2.75, 3.05) is 0 Å². The molecule has 2 rings (SSSR count). The highest BCUT2D eigenvalue weighted by Crippen LogP contribution is 2.29. The zero-order valence-corrected chi connectivity index (χ0v) is 7.51. The molecule has 0 aliphatic heterocycles. The summed E-state index contributed by atoms with van der Waals surface area (Å²) in [6.07, 6.45) is 3.43. The lowest BCUT2D eigenvalue weighted by Crippen LogP contribution is -2.04. The molecule has 1 heteroatoms. The zero-order valence-electron chi connectivity index (χ0n) is 7.51. The van der Waals surface area contributed by atoms with Crippen LogP contribution in [0.4, 0.5) is 0 Å². The van der Waals surface area contributed by atoms with Gasteiger partial charge in [-0.05, 0) is 36.0 Å². The molecule has 0 spiro atoms. The van der Waals surface area contributed by atoms with E-state index < -0.39 is 0 Å². The molecule has 1 aromatic carbocycles. The highest BCUT2D eigenvalue weighted by Gasteiger charge is 2.18. The summed E-state index contributed by atoms with van der Waals surface area (Å²) in [5.74, 6) is 0. The van der Waals surface area contributed by atoms with Crippen LogP contribution in [-0.4, -0.2) is 0 Å². The van der Waals surface area contributed by atoms with Crippen molar-refractivity contribution in [2.24, 2.45) is 5.73 Å². The van der Waals surface area contributed by atoms with Crippen LogP contribution < -0.4 is 5.73 Å². The Morgan fingerprint density at radius 1 is 1.50 bits per heavy atom. The van der Waals surface area contributed by atoms with E-state index in [1.165, 1.54) is 23.1 Å². The van der Waals surface area contributed by atoms with Crippen molar-refractivity contribution < 1.29 is 0 Å². The maximum absolute atomic E-state index is 5.94. The Hall–Kier alpha value is -0.820. The molecular formula is C11H15N. The number of hydrogen-bond donors (Lipinski definition) is 1. The van der Waals surface area contributed by atoms with Gasteiger partial charge in [-0.3, -0.25) is 0 Å². The lowest BCUT2D eigenvalue weighted by Gasteiger charge is -2.05. The zero-order chi connectivity index (χ0) is 8.55. The van der Waals surface area contributed by atoms with Crippen molar-refractivity contribution in [3.8, 4) is 0 Å². The van der Waals surface area contributed by atoms with Gasteiger partial charge in [0.15, 0.2) is 0 Å². The minimum absolute atomic E-state index is 0.297. The van der Waals surface area contributed by atoms with E-state index in [4.69, 9.17) is 5.73 Å². The van der Waals surface area contributed by atoms with Gasteiger partial charge in [-0.15, -0.1) is 0 Å². The maximum atomic E-state index is 5.94. The average molecular weight is 161 g/mol. The van der Waals surface area contributed by atoms with Gasteiger partial charge in [-0.2, -0.15) is 0 Å². The van der Waals surface area contributed by atoms with Crippen molar-refractivity contribution in [3.05, 3.63) is 34.9 Å². The fraction of sp³-hybridized carbons (Fsp3) is 0.455. The van der Waals surface area contributed by atoms with Crippen LogP contribution in [0.5, 0.6) is 0 Å². The number of rotatable bonds is 1. The van der Waals surface area contributed by atoms with Gasteiger partial charge < -0.3 is 5.73 Å². The Labute approximate surface area is 73.6 Å². The Bertz CT molecular complexity index is 291. The van der Waals surface area contributed by atoms with Crippen molar-refractivity contribution in [2.45, 2.75) is 32.2 Å². The summed E-state index contributed by atoms with van der Waals surface area (Å²) < 4.78 is 0. The SMILES string of the molecule is CCc1ccc2c(c1)CCC2N. The third-order valence-electron chi connectivity index (χ3n) is 2.74. The number of fused-ring (bicyclic) bond motifs is 1. The summed E-state index contributed by atoms with van der Waals surface area (Å²) >= 11 is 0. The molecule has 0 heterocycles. The van der Waals surface area contributed by atoms with Gasteiger partial charge in [0.25, 0.3) is 0 Å². The van der Waals surface area contributed by atoms with Crippen molar-refractivity contribution >= 4 is 0 Å². The molecule has 2 N–H and O–H groups in total. The van der Waals surface area contributed by atoms with Crippen molar-refractivity contribution in [3.63, 3.8) is 0 Å². The molecule has 0 aromatic heterocycles. The summed E-state index contributed by atoms with van der Waals surface area (Å²) in [4.78, 5) is 0. The Morgan fingerprint density at radius 2 is 2.33 bits per heavy atom. The van der Waals surface area contributed by atoms with Crippen LogP contribution >= 0.6 is 0 Å². The van der Waals surface area contributed by atoms with Crippen LogP contribution in [0.15, 0.2) is 18.2 Å². The lowest BCUT2D eigenvalue weighted by atomic mass is 10.0. The summed E-state index contributed by atoms with van der Waals surface area (Å²) in [6, 6.07) is 7.00. The molecule has 1 aromatic rings. The Kier molecular flexibility index (Phi) is 1.89. The normalized spacial score (nSPS) is 21.0. The third-order valence-corrected chi connectivity index (χ3v) is 2.74. The number of nitrogens with two attached hydrogens (primary N) is 1. The smallest absolute Gasteiger partial charge is 0.0300 e. The Morgan fingerprint density at radius 3 is 3.08 bits per heavy atom. The fourth-order valence-electron chi connectivity index (χ4n) is 1.92. The average Bonchev–Trinajstić information content (AvgIpc) is 2.47. The highest BCUT2D eigenvalue weighted by molar-refractivity contribution is 5.37. The topological polar surface area (TPSA) is 26.0 Å². The molecule has 0 saturated carbocycles. The molecule has 64 valence electrons. The van der Waals surface area contributed by atoms with Gasteiger partial charge in [0.05, 0.1) is 0 Å². The van der Waals surface area contributed by atoms with Crippen LogP contribution in [0.1, 0.15) is 36.1 Å². The standard InChI is InChI=1S/C11H15N/c1-2-8-3-5-10-9(7-8)4-6-11(10)12/h3,5,7,11H,2,4,6,12H2,1H3. The quantitative estimate of drug-likeness (QED) is 0.671. The van der Waals surface area contributed by atoms with E-state index in [0.717, 1.165) is 12.8 Å². The predicted octanol–water partition coefficient (Wildman–Crippen LogP) is 2.19. The number of hydrogen-bond acceptors (Lipinski definition) is 1. The van der Waals surface area contributed by atoms with Gasteiger partial charge >= 0.3 is 0 Å². The summed E-state index contributed by atoms with van der Waals surface area (Å²) in [6.45, 7) is 2.19. The molecule has 0 amide bonds. The molecule has 1 nitrogen and oxygen atoms in total. The maximum Gasteiger partial charge on any atom is 0.0300 e. The van der Waals surface area contributed by atoms with Crippen LogP contribution in [-0.2, 0) is 12.8 Å². The van der Waals surface area contributed by atoms with E-state index in [1.807, 2.05) is 0 Å². The molecule has 0 saturated heterocycles. The predicted molar refractivity (Wildman–Crippen MR) is 51.1 cm³/mol. The van der Waals surface area contributed by atoms with E-state index in [9.17, 15) is 0 Å². The lowest BCUT2D eigenvalue weighted by molar-refractivity contribution is 0.713. The van der Waals surface area contributed by atoms with E-state index >= 15 is 0 Å². The first-order valence-corrected chi connectivity index (χ1v) is 4.68. The first-order chi connectivity index (χ1) is 5.81. The second-order valence-corrected chi connectivity index (χ2v) is 3.53. The van der Waals surface area contributed by atoms with Crippen LogP contribution in [0, 0.1) is 0 Å². The van der Waals surface area contributed by atoms with Crippen molar-refractivity contribution in [1.82, 2.24) is 0 Å². The number of aryl methyl sites for hydroxylation is 2. The van der Waals surface area contributed by atoms with Crippen LogP contribution in [0.25, 0.3) is 0 Å². The molecule has 12 heavy (non-hydrogen) atoms. The summed E-state index contributed by atoms with van der Waals surface area (Å²) in [5, 5.41) is 0. The second kappa shape index (κ2) is 2.91. The second-order valence-electron chi connectivity index (χ2n) is 3.53. The van der Waals surface area contributed by atoms with Gasteiger partial charge in [-0.1, -0.05) is 25.1 Å². The van der Waals surface area contributed by atoms with E-state index in [0.29, 0.717) is 6.04 Å². The minimum Gasteiger partial charge on any atom is -0.324 e. The Balaban J connectivity index is 2.41. The van der Waals surface area contributed by atoms with Crippen LogP contribution in [0.2, 0.25) is 0 Å². The molecule has 1 aliphatic carbocycles. The monoisotopic (exact) mass is 161 g/mol. The van der Waals surface area contributed by atoms with E-state index in [1.54, 1.807) is 0 Å². The van der Waals surface area contributed by atoms with Gasteiger partial charge in [-0.25, -0.2) is 0 Å². The van der Waals surface area contributed by atoms with E-state index in [2.05, 4.69) is 25.1 Å². The summed E-state index contributed by atoms with van der Waals surface area (Å²) in [7, 11) is 0. The minimum atomic E-state index is 0.297. The van der Waals surface area contributed by atoms with Gasteiger partial charge in [0.1, 0.15) is 0 Å². The molecule has 1 unspecified atom stereocenters. The first kappa shape index (κ1) is 7.81. The third kappa shape index (κ3) is 1.14. The van der Waals surface area contributed by atoms with Crippen LogP contribution in [0.3, 0.4) is 0 Å². The molecule has 1 aliphatic rings. The van der Waals surface area contributed by atoms with Crippen molar-refractivity contribution in [1.29, 1.82) is 0 Å². The molecule has 0 fully saturated rings. The van der Waals surface area contributed by atoms with E-state index in [-0.39, 0.29) is 0 Å². The molecule has 1 atom stereocenters.